The summed E-state index contributed by atoms with van der Waals surface area (Å²) in [7, 11) is 5.67. The number of hydrogen-bond acceptors (Lipinski definition) is 18. The fourth-order valence-electron chi connectivity index (χ4n) is 12.9. The maximum Gasteiger partial charge on any atom is 0.223 e. The van der Waals surface area contributed by atoms with Crippen LogP contribution < -0.4 is 0 Å². The number of nitrogens with zero attached hydrogens (tertiary/aromatic N) is 24. The lowest BCUT2D eigenvalue weighted by atomic mass is 10.1. The second-order valence-electron chi connectivity index (χ2n) is 24.9. The summed E-state index contributed by atoms with van der Waals surface area (Å²) in [4.78, 5) is 87.7. The molecule has 0 unspecified atom stereocenters. The van der Waals surface area contributed by atoms with Crippen molar-refractivity contribution in [1.29, 1.82) is 0 Å². The lowest BCUT2D eigenvalue weighted by Crippen LogP contribution is -2.36. The zero-order valence-corrected chi connectivity index (χ0v) is 53.5. The molecule has 1 aliphatic carbocycles. The van der Waals surface area contributed by atoms with Gasteiger partial charge in [-0.1, -0.05) is 0 Å². The van der Waals surface area contributed by atoms with Gasteiger partial charge in [-0.15, -0.1) is 0 Å². The molecule has 0 radical (unpaired) electrons. The zero-order valence-electron chi connectivity index (χ0n) is 53.5. The van der Waals surface area contributed by atoms with Crippen molar-refractivity contribution in [3.63, 3.8) is 0 Å². The normalized spacial score (nSPS) is 17.0. The predicted octanol–water partition coefficient (Wildman–Crippen LogP) is 6.16. The minimum Gasteiger partial charge on any atom is -0.337 e. The van der Waals surface area contributed by atoms with Gasteiger partial charge in [-0.2, -0.15) is 30.6 Å². The van der Waals surface area contributed by atoms with Crippen molar-refractivity contribution in [3.05, 3.63) is 141 Å². The van der Waals surface area contributed by atoms with Gasteiger partial charge in [0.15, 0.2) is 0 Å². The highest BCUT2D eigenvalue weighted by Crippen LogP contribution is 2.34. The number of fused-ring (bicyclic) bond motifs is 18. The molecule has 0 spiro atoms. The minimum absolute atomic E-state index is 0.0708. The number of carbonyl (C=O) groups excluding carboxylic acids is 3. The summed E-state index contributed by atoms with van der Waals surface area (Å²) in [5, 5.41) is 27.9. The summed E-state index contributed by atoms with van der Waals surface area (Å²) in [6, 6.07) is 0.392. The minimum atomic E-state index is 0.0708. The van der Waals surface area contributed by atoms with Gasteiger partial charge in [-0.25, -0.2) is 15.0 Å². The van der Waals surface area contributed by atoms with Gasteiger partial charge in [0, 0.05) is 149 Å². The molecule has 16 rings (SSSR count). The van der Waals surface area contributed by atoms with E-state index in [9.17, 15) is 14.4 Å². The largest absolute Gasteiger partial charge is 0.337 e. The molecular formula is C65H74N24O3. The standard InChI is InChI=1S/C22H24N8O.C22H26N8O.C21H24N8O/c1-13-15-11-29(26-13)7-3-4-20(31)30(14-5-6-14)12-19-16(10-28(2)27-19)17-8-23-18-9-24-21(15)22(18)25-17;1-13(2)30-12-19-16(10-28(4)27-19)17-8-23-18-9-24-21(22(18)25-17)15-11-29(26-14(15)3)7-5-6-20(30)31;1-4-28-12-18-15(10-27(3)26-18)16-8-22-17-9-23-20(21(17)24-16)14-11-29(25-13(14)2)7-5-6-19(28)30/h8,10-11,14H,3-7,9,12H2,1-2H3;8,10-11,13H,5-7,9,12H2,1-4H3;8,10-11H,4-7,9,12H2,1-3H3. The van der Waals surface area contributed by atoms with E-state index >= 15 is 0 Å². The fraction of sp³-hybridized carbons (Fsp3) is 0.446. The molecular weight excluding hydrogens is 1160 g/mol. The first-order chi connectivity index (χ1) is 44.5. The van der Waals surface area contributed by atoms with Gasteiger partial charge < -0.3 is 14.7 Å². The molecule has 472 valence electrons. The summed E-state index contributed by atoms with van der Waals surface area (Å²) in [6.45, 7) is 17.7. The molecule has 1 saturated carbocycles. The Kier molecular flexibility index (Phi) is 15.7. The van der Waals surface area contributed by atoms with E-state index in [1.165, 1.54) is 0 Å². The van der Waals surface area contributed by atoms with Crippen molar-refractivity contribution in [2.75, 3.05) is 6.54 Å². The third-order valence-electron chi connectivity index (χ3n) is 17.8. The first kappa shape index (κ1) is 59.5. The highest BCUT2D eigenvalue weighted by atomic mass is 16.2. The number of aryl methyl sites for hydroxylation is 9. The average Bonchev–Trinajstić information content (AvgIpc) is 1.63. The van der Waals surface area contributed by atoms with E-state index in [-0.39, 0.29) is 23.8 Å². The molecule has 7 aliphatic rings. The van der Waals surface area contributed by atoms with Crippen LogP contribution in [0.25, 0.3) is 33.8 Å². The summed E-state index contributed by atoms with van der Waals surface area (Å²) in [6.07, 6.45) is 23.1. The number of amides is 3. The van der Waals surface area contributed by atoms with Crippen LogP contribution in [0.2, 0.25) is 0 Å². The second kappa shape index (κ2) is 24.3. The van der Waals surface area contributed by atoms with Crippen LogP contribution in [0.3, 0.4) is 0 Å². The molecule has 9 aromatic rings. The first-order valence-corrected chi connectivity index (χ1v) is 31.8. The molecule has 6 aliphatic heterocycles. The second-order valence-corrected chi connectivity index (χ2v) is 24.9. The van der Waals surface area contributed by atoms with Crippen LogP contribution in [0, 0.1) is 20.8 Å². The topological polar surface area (TPSA) is 282 Å². The van der Waals surface area contributed by atoms with Crippen molar-refractivity contribution in [3.8, 4) is 33.8 Å². The lowest BCUT2D eigenvalue weighted by Gasteiger charge is -2.26. The number of aliphatic imine (C=N–C) groups is 3. The Morgan fingerprint density at radius 1 is 0.457 bits per heavy atom. The van der Waals surface area contributed by atoms with Crippen LogP contribution in [0.4, 0.5) is 0 Å². The van der Waals surface area contributed by atoms with Crippen LogP contribution in [0.5, 0.6) is 0 Å². The van der Waals surface area contributed by atoms with E-state index in [0.717, 1.165) is 168 Å². The molecule has 0 atom stereocenters. The van der Waals surface area contributed by atoms with E-state index in [4.69, 9.17) is 29.9 Å². The lowest BCUT2D eigenvalue weighted by molar-refractivity contribution is -0.134. The van der Waals surface area contributed by atoms with E-state index in [0.29, 0.717) is 90.8 Å². The molecule has 0 N–H and O–H groups in total. The van der Waals surface area contributed by atoms with Gasteiger partial charge in [-0.3, -0.25) is 72.4 Å². The van der Waals surface area contributed by atoms with Gasteiger partial charge in [0.05, 0.1) is 143 Å². The van der Waals surface area contributed by atoms with Crippen molar-refractivity contribution < 1.29 is 14.4 Å². The van der Waals surface area contributed by atoms with E-state index < -0.39 is 0 Å². The average molecular weight is 1240 g/mol. The molecule has 0 saturated heterocycles. The SMILES string of the molecule is CCN1Cc2nn(C)cc2-c2cnc3c(n2)C(=NC3)c2cn(nc2C)CCCC1=O.Cc1nn2cc1C1=NCc3ncc(nc31)-c1cn(C)nc1CN(C(C)C)C(=O)CCC2.Cc1nn2cc1C1=NCc3ncc(nc31)-c1cn(C)nc1CN(C1CC1)C(=O)CCC2. The van der Waals surface area contributed by atoms with E-state index in [2.05, 4.69) is 45.5 Å². The molecule has 0 aromatic carbocycles. The Morgan fingerprint density at radius 3 is 1.23 bits per heavy atom. The number of carbonyl (C=O) groups is 3. The van der Waals surface area contributed by atoms with Gasteiger partial charge in [0.2, 0.25) is 17.7 Å². The van der Waals surface area contributed by atoms with Crippen LogP contribution in [0.1, 0.15) is 157 Å². The molecule has 12 bridgehead atoms. The molecule has 92 heavy (non-hydrogen) atoms. The van der Waals surface area contributed by atoms with Gasteiger partial charge >= 0.3 is 0 Å². The molecule has 1 fully saturated rings. The van der Waals surface area contributed by atoms with Crippen molar-refractivity contribution in [2.45, 2.75) is 164 Å². The van der Waals surface area contributed by atoms with Crippen LogP contribution in [-0.2, 0) is 94.4 Å². The smallest absolute Gasteiger partial charge is 0.223 e. The molecule has 15 heterocycles. The van der Waals surface area contributed by atoms with Crippen molar-refractivity contribution in [1.82, 2.24) is 103 Å². The first-order valence-electron chi connectivity index (χ1n) is 31.8. The third-order valence-corrected chi connectivity index (χ3v) is 17.8. The van der Waals surface area contributed by atoms with Crippen LogP contribution in [0.15, 0.2) is 70.7 Å². The summed E-state index contributed by atoms with van der Waals surface area (Å²) in [5.74, 6) is 0.429. The molecule has 9 aromatic heterocycles. The van der Waals surface area contributed by atoms with Crippen LogP contribution in [-0.4, -0.2) is 157 Å². The Balaban J connectivity index is 0.000000120. The van der Waals surface area contributed by atoms with Crippen LogP contribution >= 0.6 is 0 Å². The van der Waals surface area contributed by atoms with E-state index in [1.807, 2.05) is 129 Å². The maximum atomic E-state index is 13.1. The van der Waals surface area contributed by atoms with Gasteiger partial charge in [0.25, 0.3) is 0 Å². The zero-order chi connectivity index (χ0) is 63.6. The predicted molar refractivity (Wildman–Crippen MR) is 340 cm³/mol. The summed E-state index contributed by atoms with van der Waals surface area (Å²) < 4.78 is 11.1. The summed E-state index contributed by atoms with van der Waals surface area (Å²) in [5.41, 5.74) is 20.7. The third kappa shape index (κ3) is 11.6. The maximum absolute atomic E-state index is 13.1. The van der Waals surface area contributed by atoms with Gasteiger partial charge in [-0.05, 0) is 73.6 Å². The molecule has 3 amide bonds. The number of hydrogen-bond donors (Lipinski definition) is 0. The van der Waals surface area contributed by atoms with E-state index in [1.54, 1.807) is 32.6 Å². The Morgan fingerprint density at radius 2 is 0.837 bits per heavy atom. The summed E-state index contributed by atoms with van der Waals surface area (Å²) >= 11 is 0. The van der Waals surface area contributed by atoms with Crippen molar-refractivity contribution >= 4 is 34.9 Å². The molecule has 27 heteroatoms. The highest BCUT2D eigenvalue weighted by Gasteiger charge is 2.35. The number of rotatable bonds is 3. The Hall–Kier alpha value is -10.1. The highest BCUT2D eigenvalue weighted by molar-refractivity contribution is 6.15. The van der Waals surface area contributed by atoms with Gasteiger partial charge in [0.1, 0.15) is 17.1 Å². The fourth-order valence-corrected chi connectivity index (χ4v) is 12.9. The Bertz CT molecular complexity index is 4320. The Labute approximate surface area is 531 Å². The quantitative estimate of drug-likeness (QED) is 0.192. The van der Waals surface area contributed by atoms with Crippen molar-refractivity contribution in [2.24, 2.45) is 36.1 Å². The number of aromatic nitrogens is 18. The monoisotopic (exact) mass is 1240 g/mol. The molecule has 27 nitrogen and oxygen atoms in total.